The van der Waals surface area contributed by atoms with Crippen LogP contribution in [0.5, 0.6) is 11.5 Å². The van der Waals surface area contributed by atoms with Crippen LogP contribution in [-0.4, -0.2) is 6.79 Å². The first-order valence-corrected chi connectivity index (χ1v) is 6.97. The topological polar surface area (TPSA) is 18.5 Å². The van der Waals surface area contributed by atoms with Gasteiger partial charge in [-0.1, -0.05) is 43.0 Å². The zero-order valence-corrected chi connectivity index (χ0v) is 11.2. The van der Waals surface area contributed by atoms with Crippen LogP contribution in [0.2, 0.25) is 0 Å². The molecular formula is C18H16O2. The number of ether oxygens (including phenoxy) is 2. The summed E-state index contributed by atoms with van der Waals surface area (Å²) in [6, 6.07) is 16.8. The summed E-state index contributed by atoms with van der Waals surface area (Å²) in [6.07, 6.45) is 1.19. The van der Waals surface area contributed by atoms with Crippen LogP contribution in [-0.2, 0) is 0 Å². The molecule has 0 aromatic heterocycles. The first kappa shape index (κ1) is 11.6. The van der Waals surface area contributed by atoms with Gasteiger partial charge in [0.25, 0.3) is 0 Å². The summed E-state index contributed by atoms with van der Waals surface area (Å²) >= 11 is 0. The van der Waals surface area contributed by atoms with Crippen LogP contribution in [0, 0.1) is 5.92 Å². The summed E-state index contributed by atoms with van der Waals surface area (Å²) in [5.74, 6) is 2.84. The maximum atomic E-state index is 5.44. The lowest BCUT2D eigenvalue weighted by Gasteiger charge is -2.07. The first-order valence-electron chi connectivity index (χ1n) is 6.97. The minimum Gasteiger partial charge on any atom is -0.454 e. The van der Waals surface area contributed by atoms with Gasteiger partial charge in [-0.25, -0.2) is 0 Å². The SMILES string of the molecule is C=C(c1ccc2c(c1)OCO2)[C@H]1C[C@@H]1c1ccccc1. The highest BCUT2D eigenvalue weighted by Gasteiger charge is 2.40. The highest BCUT2D eigenvalue weighted by atomic mass is 16.7. The predicted molar refractivity (Wildman–Crippen MR) is 78.9 cm³/mol. The van der Waals surface area contributed by atoms with Crippen molar-refractivity contribution in [2.45, 2.75) is 12.3 Å². The molecule has 0 spiro atoms. The Bertz CT molecular complexity index is 660. The van der Waals surface area contributed by atoms with E-state index in [1.165, 1.54) is 17.6 Å². The van der Waals surface area contributed by atoms with Crippen LogP contribution >= 0.6 is 0 Å². The van der Waals surface area contributed by atoms with Crippen molar-refractivity contribution in [1.29, 1.82) is 0 Å². The normalized spacial score (nSPS) is 22.6. The van der Waals surface area contributed by atoms with Crippen LogP contribution in [0.1, 0.15) is 23.5 Å². The van der Waals surface area contributed by atoms with Crippen molar-refractivity contribution in [3.63, 3.8) is 0 Å². The van der Waals surface area contributed by atoms with Crippen LogP contribution in [0.4, 0.5) is 0 Å². The molecule has 0 radical (unpaired) electrons. The summed E-state index contributed by atoms with van der Waals surface area (Å²) in [7, 11) is 0. The zero-order chi connectivity index (χ0) is 13.5. The molecule has 20 heavy (non-hydrogen) atoms. The van der Waals surface area contributed by atoms with Crippen LogP contribution < -0.4 is 9.47 Å². The number of rotatable bonds is 3. The Kier molecular flexibility index (Phi) is 2.56. The van der Waals surface area contributed by atoms with Gasteiger partial charge in [-0.15, -0.1) is 0 Å². The molecule has 2 nitrogen and oxygen atoms in total. The lowest BCUT2D eigenvalue weighted by molar-refractivity contribution is 0.174. The predicted octanol–water partition coefficient (Wildman–Crippen LogP) is 4.23. The number of fused-ring (bicyclic) bond motifs is 1. The molecule has 1 saturated carbocycles. The third-order valence-electron chi connectivity index (χ3n) is 4.21. The van der Waals surface area contributed by atoms with Crippen molar-refractivity contribution >= 4 is 5.57 Å². The molecule has 0 bridgehead atoms. The fraction of sp³-hybridized carbons (Fsp3) is 0.222. The minimum atomic E-state index is 0.321. The monoisotopic (exact) mass is 264 g/mol. The van der Waals surface area contributed by atoms with Gasteiger partial charge in [0.15, 0.2) is 11.5 Å². The summed E-state index contributed by atoms with van der Waals surface area (Å²) in [5, 5.41) is 0. The fourth-order valence-corrected chi connectivity index (χ4v) is 2.96. The molecule has 0 N–H and O–H groups in total. The van der Waals surface area contributed by atoms with Crippen molar-refractivity contribution in [3.8, 4) is 11.5 Å². The molecule has 1 fully saturated rings. The van der Waals surface area contributed by atoms with E-state index in [1.54, 1.807) is 0 Å². The molecule has 2 aromatic rings. The Labute approximate surface area is 118 Å². The lowest BCUT2D eigenvalue weighted by atomic mass is 9.99. The molecular weight excluding hydrogens is 248 g/mol. The van der Waals surface area contributed by atoms with Crippen molar-refractivity contribution in [2.75, 3.05) is 6.79 Å². The highest BCUT2D eigenvalue weighted by molar-refractivity contribution is 5.71. The third kappa shape index (κ3) is 1.88. The third-order valence-corrected chi connectivity index (χ3v) is 4.21. The quantitative estimate of drug-likeness (QED) is 0.825. The molecule has 1 aliphatic heterocycles. The van der Waals surface area contributed by atoms with Crippen LogP contribution in [0.15, 0.2) is 55.1 Å². The van der Waals surface area contributed by atoms with Crippen LogP contribution in [0.3, 0.4) is 0 Å². The molecule has 1 aliphatic carbocycles. The average Bonchev–Trinajstić information content (AvgIpc) is 3.17. The molecule has 0 unspecified atom stereocenters. The maximum absolute atomic E-state index is 5.44. The van der Waals surface area contributed by atoms with Gasteiger partial charge in [0.1, 0.15) is 0 Å². The molecule has 2 aliphatic rings. The Balaban J connectivity index is 1.55. The first-order chi connectivity index (χ1) is 9.83. The molecule has 100 valence electrons. The van der Waals surface area contributed by atoms with E-state index in [4.69, 9.17) is 9.47 Å². The second-order valence-corrected chi connectivity index (χ2v) is 5.45. The molecule has 2 aromatic carbocycles. The zero-order valence-electron chi connectivity index (χ0n) is 11.2. The van der Waals surface area contributed by atoms with E-state index in [-0.39, 0.29) is 0 Å². The van der Waals surface area contributed by atoms with E-state index < -0.39 is 0 Å². The van der Waals surface area contributed by atoms with Gasteiger partial charge in [0, 0.05) is 0 Å². The van der Waals surface area contributed by atoms with E-state index in [0.29, 0.717) is 18.6 Å². The number of hydrogen-bond acceptors (Lipinski definition) is 2. The summed E-state index contributed by atoms with van der Waals surface area (Å²) in [6.45, 7) is 4.61. The second kappa shape index (κ2) is 4.41. The summed E-state index contributed by atoms with van der Waals surface area (Å²) in [4.78, 5) is 0. The Morgan fingerprint density at radius 2 is 1.80 bits per heavy atom. The molecule has 0 amide bonds. The molecule has 1 heterocycles. The van der Waals surface area contributed by atoms with Gasteiger partial charge in [-0.05, 0) is 47.1 Å². The highest BCUT2D eigenvalue weighted by Crippen LogP contribution is 2.54. The second-order valence-electron chi connectivity index (χ2n) is 5.45. The van der Waals surface area contributed by atoms with E-state index in [9.17, 15) is 0 Å². The van der Waals surface area contributed by atoms with E-state index in [2.05, 4.69) is 43.0 Å². The minimum absolute atomic E-state index is 0.321. The van der Waals surface area contributed by atoms with Crippen molar-refractivity contribution in [2.24, 2.45) is 5.92 Å². The van der Waals surface area contributed by atoms with Crippen LogP contribution in [0.25, 0.3) is 5.57 Å². The Morgan fingerprint density at radius 3 is 2.65 bits per heavy atom. The fourth-order valence-electron chi connectivity index (χ4n) is 2.96. The standard InChI is InChI=1S/C18H16O2/c1-12(14-7-8-17-18(9-14)20-11-19-17)15-10-16(15)13-5-3-2-4-6-13/h2-9,15-16H,1,10-11H2/t15-,16-/m1/s1. The molecule has 2 atom stereocenters. The number of benzene rings is 2. The van der Waals surface area contributed by atoms with Crippen molar-refractivity contribution in [3.05, 3.63) is 66.2 Å². The number of allylic oxidation sites excluding steroid dienone is 1. The summed E-state index contributed by atoms with van der Waals surface area (Å²) in [5.41, 5.74) is 3.79. The average molecular weight is 264 g/mol. The van der Waals surface area contributed by atoms with E-state index in [0.717, 1.165) is 17.1 Å². The summed E-state index contributed by atoms with van der Waals surface area (Å²) < 4.78 is 10.8. The molecule has 4 rings (SSSR count). The van der Waals surface area contributed by atoms with Gasteiger partial charge in [0.05, 0.1) is 0 Å². The van der Waals surface area contributed by atoms with Gasteiger partial charge in [-0.3, -0.25) is 0 Å². The Hall–Kier alpha value is -2.22. The van der Waals surface area contributed by atoms with Gasteiger partial charge in [0.2, 0.25) is 6.79 Å². The lowest BCUT2D eigenvalue weighted by Crippen LogP contribution is -1.93. The number of hydrogen-bond donors (Lipinski definition) is 0. The van der Waals surface area contributed by atoms with Gasteiger partial charge < -0.3 is 9.47 Å². The van der Waals surface area contributed by atoms with Crippen molar-refractivity contribution < 1.29 is 9.47 Å². The molecule has 0 saturated heterocycles. The smallest absolute Gasteiger partial charge is 0.231 e. The van der Waals surface area contributed by atoms with Gasteiger partial charge >= 0.3 is 0 Å². The largest absolute Gasteiger partial charge is 0.454 e. The van der Waals surface area contributed by atoms with Gasteiger partial charge in [-0.2, -0.15) is 0 Å². The van der Waals surface area contributed by atoms with E-state index in [1.807, 2.05) is 12.1 Å². The van der Waals surface area contributed by atoms with E-state index >= 15 is 0 Å². The maximum Gasteiger partial charge on any atom is 0.231 e. The van der Waals surface area contributed by atoms with Crippen molar-refractivity contribution in [1.82, 2.24) is 0 Å². The molecule has 2 heteroatoms. The Morgan fingerprint density at radius 1 is 1.00 bits per heavy atom.